The molecule has 17 heavy (non-hydrogen) atoms. The van der Waals surface area contributed by atoms with E-state index in [1.807, 2.05) is 0 Å². The fraction of sp³-hybridized carbons (Fsp3) is 0.889. The molecule has 0 saturated heterocycles. The summed E-state index contributed by atoms with van der Waals surface area (Å²) in [4.78, 5) is 10.5. The van der Waals surface area contributed by atoms with Gasteiger partial charge in [0.15, 0.2) is 0 Å². The lowest BCUT2D eigenvalue weighted by Gasteiger charge is -2.33. The molecular weight excluding hydrogens is 254 g/mol. The number of alkyl halides is 6. The molecule has 0 heterocycles. The van der Waals surface area contributed by atoms with Crippen molar-refractivity contribution in [3.63, 3.8) is 0 Å². The van der Waals surface area contributed by atoms with Crippen molar-refractivity contribution in [3.05, 3.63) is 0 Å². The Labute approximate surface area is 93.6 Å². The fourth-order valence-corrected chi connectivity index (χ4v) is 1.43. The number of unbranched alkanes of at least 4 members (excludes halogenated alkanes) is 2. The first-order chi connectivity index (χ1) is 7.50. The van der Waals surface area contributed by atoms with Crippen LogP contribution in [-0.2, 0) is 4.79 Å². The molecule has 0 radical (unpaired) electrons. The van der Waals surface area contributed by atoms with E-state index in [9.17, 15) is 31.1 Å². The normalized spacial score (nSPS) is 13.8. The summed E-state index contributed by atoms with van der Waals surface area (Å²) in [7, 11) is 0. The highest BCUT2D eigenvalue weighted by Crippen LogP contribution is 2.53. The summed E-state index contributed by atoms with van der Waals surface area (Å²) in [6, 6.07) is 0. The van der Waals surface area contributed by atoms with E-state index in [1.165, 1.54) is 0 Å². The van der Waals surface area contributed by atoms with Gasteiger partial charge in [0.05, 0.1) is 0 Å². The van der Waals surface area contributed by atoms with E-state index >= 15 is 0 Å². The number of halogens is 6. The number of carbonyl (C=O) groups is 1. The number of carboxylic acid groups (broad SMARTS) is 1. The minimum atomic E-state index is -5.86. The average molecular weight is 266 g/mol. The minimum absolute atomic E-state index is 0.112. The van der Waals surface area contributed by atoms with Gasteiger partial charge < -0.3 is 5.11 Å². The third kappa shape index (κ3) is 3.04. The van der Waals surface area contributed by atoms with Crippen molar-refractivity contribution in [2.45, 2.75) is 45.0 Å². The third-order valence-corrected chi connectivity index (χ3v) is 2.49. The molecule has 0 unspecified atom stereocenters. The number of rotatable bonds is 5. The van der Waals surface area contributed by atoms with E-state index < -0.39 is 36.6 Å². The van der Waals surface area contributed by atoms with Crippen LogP contribution < -0.4 is 0 Å². The summed E-state index contributed by atoms with van der Waals surface area (Å²) >= 11 is 0. The Morgan fingerprint density at radius 3 is 1.65 bits per heavy atom. The second-order valence-electron chi connectivity index (χ2n) is 3.66. The largest absolute Gasteiger partial charge is 0.480 e. The lowest BCUT2D eigenvalue weighted by Crippen LogP contribution is -2.55. The van der Waals surface area contributed by atoms with E-state index in [-0.39, 0.29) is 6.42 Å². The predicted octanol–water partition coefficient (Wildman–Crippen LogP) is 3.76. The minimum Gasteiger partial charge on any atom is -0.480 e. The van der Waals surface area contributed by atoms with Gasteiger partial charge in [-0.15, -0.1) is 0 Å². The molecule has 0 aliphatic heterocycles. The highest BCUT2D eigenvalue weighted by molar-refractivity contribution is 5.76. The Morgan fingerprint density at radius 1 is 1.00 bits per heavy atom. The van der Waals surface area contributed by atoms with Gasteiger partial charge in [-0.1, -0.05) is 26.2 Å². The van der Waals surface area contributed by atoms with Gasteiger partial charge >= 0.3 is 18.3 Å². The van der Waals surface area contributed by atoms with Crippen molar-refractivity contribution >= 4 is 5.97 Å². The third-order valence-electron chi connectivity index (χ3n) is 2.49. The van der Waals surface area contributed by atoms with E-state index in [0.717, 1.165) is 0 Å². The topological polar surface area (TPSA) is 37.3 Å². The lowest BCUT2D eigenvalue weighted by atomic mass is 9.81. The van der Waals surface area contributed by atoms with Gasteiger partial charge in [0.1, 0.15) is 0 Å². The van der Waals surface area contributed by atoms with Crippen molar-refractivity contribution in [1.29, 1.82) is 0 Å². The molecule has 0 rings (SSSR count). The molecule has 0 aromatic rings. The van der Waals surface area contributed by atoms with Gasteiger partial charge in [-0.05, 0) is 6.42 Å². The molecule has 8 heteroatoms. The highest BCUT2D eigenvalue weighted by Gasteiger charge is 2.75. The number of carboxylic acids is 1. The Morgan fingerprint density at radius 2 is 1.41 bits per heavy atom. The van der Waals surface area contributed by atoms with Crippen LogP contribution in [0.1, 0.15) is 32.6 Å². The molecule has 0 aromatic heterocycles. The molecule has 0 bridgehead atoms. The zero-order valence-corrected chi connectivity index (χ0v) is 8.95. The van der Waals surface area contributed by atoms with Gasteiger partial charge in [0.2, 0.25) is 0 Å². The second kappa shape index (κ2) is 5.14. The Kier molecular flexibility index (Phi) is 4.85. The van der Waals surface area contributed by atoms with Crippen LogP contribution in [0.25, 0.3) is 0 Å². The van der Waals surface area contributed by atoms with Crippen LogP contribution in [0.15, 0.2) is 0 Å². The molecule has 2 nitrogen and oxygen atoms in total. The molecule has 0 fully saturated rings. The number of hydrogen-bond donors (Lipinski definition) is 1. The van der Waals surface area contributed by atoms with Crippen LogP contribution in [0.5, 0.6) is 0 Å². The molecular formula is C9H12F6O2. The molecule has 0 aliphatic carbocycles. The molecule has 0 saturated carbocycles. The van der Waals surface area contributed by atoms with Crippen LogP contribution in [-0.4, -0.2) is 23.4 Å². The zero-order valence-electron chi connectivity index (χ0n) is 8.95. The van der Waals surface area contributed by atoms with Gasteiger partial charge in [-0.3, -0.25) is 4.79 Å². The maximum Gasteiger partial charge on any atom is 0.413 e. The molecule has 0 amide bonds. The van der Waals surface area contributed by atoms with Gasteiger partial charge in [-0.25, -0.2) is 0 Å². The number of aliphatic carboxylic acids is 1. The summed E-state index contributed by atoms with van der Waals surface area (Å²) in [5.41, 5.74) is -4.66. The molecule has 0 spiro atoms. The summed E-state index contributed by atoms with van der Waals surface area (Å²) in [6.45, 7) is 1.59. The van der Waals surface area contributed by atoms with Crippen molar-refractivity contribution < 1.29 is 36.2 Å². The SMILES string of the molecule is CCCCCC(C(=O)O)(C(F)(F)F)C(F)(F)F. The second-order valence-corrected chi connectivity index (χ2v) is 3.66. The molecule has 0 aromatic carbocycles. The van der Waals surface area contributed by atoms with Crippen molar-refractivity contribution in [2.24, 2.45) is 5.41 Å². The van der Waals surface area contributed by atoms with Gasteiger partial charge in [0, 0.05) is 0 Å². The first-order valence-corrected chi connectivity index (χ1v) is 4.87. The van der Waals surface area contributed by atoms with Crippen molar-refractivity contribution in [3.8, 4) is 0 Å². The van der Waals surface area contributed by atoms with E-state index in [4.69, 9.17) is 5.11 Å². The predicted molar refractivity (Wildman–Crippen MR) is 46.3 cm³/mol. The number of hydrogen-bond acceptors (Lipinski definition) is 1. The summed E-state index contributed by atoms with van der Waals surface area (Å²) in [5.74, 6) is -2.89. The fourth-order valence-electron chi connectivity index (χ4n) is 1.43. The van der Waals surface area contributed by atoms with Crippen LogP contribution in [0.2, 0.25) is 0 Å². The van der Waals surface area contributed by atoms with Gasteiger partial charge in [-0.2, -0.15) is 26.3 Å². The smallest absolute Gasteiger partial charge is 0.413 e. The van der Waals surface area contributed by atoms with E-state index in [1.54, 1.807) is 6.92 Å². The standard InChI is InChI=1S/C9H12F6O2/c1-2-3-4-5-7(6(16)17,8(10,11)12)9(13,14)15/h2-5H2,1H3,(H,16,17). The molecule has 0 aliphatic rings. The van der Waals surface area contributed by atoms with E-state index in [2.05, 4.69) is 0 Å². The summed E-state index contributed by atoms with van der Waals surface area (Å²) in [5, 5.41) is 8.35. The molecule has 1 N–H and O–H groups in total. The Hall–Kier alpha value is -0.950. The maximum absolute atomic E-state index is 12.4. The van der Waals surface area contributed by atoms with Crippen LogP contribution in [0.4, 0.5) is 26.3 Å². The van der Waals surface area contributed by atoms with E-state index in [0.29, 0.717) is 6.42 Å². The summed E-state index contributed by atoms with van der Waals surface area (Å²) in [6.07, 6.45) is -13.1. The quantitative estimate of drug-likeness (QED) is 0.607. The first kappa shape index (κ1) is 16.1. The van der Waals surface area contributed by atoms with Crippen LogP contribution in [0.3, 0.4) is 0 Å². The van der Waals surface area contributed by atoms with Crippen molar-refractivity contribution in [1.82, 2.24) is 0 Å². The highest BCUT2D eigenvalue weighted by atomic mass is 19.4. The monoisotopic (exact) mass is 266 g/mol. The van der Waals surface area contributed by atoms with Crippen molar-refractivity contribution in [2.75, 3.05) is 0 Å². The average Bonchev–Trinajstić information content (AvgIpc) is 2.07. The lowest BCUT2D eigenvalue weighted by molar-refractivity contribution is -0.333. The van der Waals surface area contributed by atoms with Crippen LogP contribution >= 0.6 is 0 Å². The van der Waals surface area contributed by atoms with Crippen LogP contribution in [0, 0.1) is 5.41 Å². The Bertz CT molecular complexity index is 254. The Balaban J connectivity index is 5.37. The molecule has 102 valence electrons. The summed E-state index contributed by atoms with van der Waals surface area (Å²) < 4.78 is 74.7. The zero-order chi connectivity index (χ0) is 13.9. The van der Waals surface area contributed by atoms with Gasteiger partial charge in [0.25, 0.3) is 5.41 Å². The maximum atomic E-state index is 12.4. The first-order valence-electron chi connectivity index (χ1n) is 4.87. The molecule has 0 atom stereocenters.